The number of carbonyl (C=O) groups is 2. The second-order valence-electron chi connectivity index (χ2n) is 3.81. The Kier molecular flexibility index (Phi) is 4.56. The van der Waals surface area contributed by atoms with E-state index in [1.807, 2.05) is 0 Å². The van der Waals surface area contributed by atoms with Crippen molar-refractivity contribution in [2.75, 3.05) is 7.11 Å². The number of carbonyl (C=O) groups excluding carboxylic acids is 2. The van der Waals surface area contributed by atoms with Crippen LogP contribution < -0.4 is 11.1 Å². The van der Waals surface area contributed by atoms with Crippen molar-refractivity contribution < 1.29 is 14.3 Å². The Hall–Kier alpha value is -1.10. The number of hydrogen-bond donors (Lipinski definition) is 2. The van der Waals surface area contributed by atoms with Crippen LogP contribution in [0.4, 0.5) is 0 Å². The SMILES string of the molecule is COC(=O)CC(C)NC(C)(C)C(N)=O. The van der Waals surface area contributed by atoms with Gasteiger partial charge in [0.25, 0.3) is 0 Å². The van der Waals surface area contributed by atoms with E-state index in [0.29, 0.717) is 0 Å². The second kappa shape index (κ2) is 4.95. The van der Waals surface area contributed by atoms with Crippen molar-refractivity contribution in [2.45, 2.75) is 38.8 Å². The highest BCUT2D eigenvalue weighted by Crippen LogP contribution is 2.04. The molecule has 5 nitrogen and oxygen atoms in total. The van der Waals surface area contributed by atoms with E-state index in [-0.39, 0.29) is 18.4 Å². The van der Waals surface area contributed by atoms with E-state index in [9.17, 15) is 9.59 Å². The number of esters is 1. The third-order valence-electron chi connectivity index (χ3n) is 1.92. The zero-order valence-corrected chi connectivity index (χ0v) is 9.09. The molecule has 1 atom stereocenters. The van der Waals surface area contributed by atoms with Gasteiger partial charge in [-0.1, -0.05) is 0 Å². The van der Waals surface area contributed by atoms with Gasteiger partial charge in [0, 0.05) is 6.04 Å². The van der Waals surface area contributed by atoms with Crippen molar-refractivity contribution in [2.24, 2.45) is 5.73 Å². The molecule has 0 aliphatic carbocycles. The van der Waals surface area contributed by atoms with E-state index >= 15 is 0 Å². The Bertz CT molecular complexity index is 226. The van der Waals surface area contributed by atoms with Crippen molar-refractivity contribution in [3.63, 3.8) is 0 Å². The summed E-state index contributed by atoms with van der Waals surface area (Å²) in [5.74, 6) is -0.764. The fourth-order valence-corrected chi connectivity index (χ4v) is 1.07. The van der Waals surface area contributed by atoms with Crippen LogP contribution in [-0.4, -0.2) is 30.6 Å². The van der Waals surface area contributed by atoms with Crippen molar-refractivity contribution >= 4 is 11.9 Å². The molecule has 1 amide bonds. The average molecular weight is 202 g/mol. The maximum Gasteiger partial charge on any atom is 0.307 e. The minimum Gasteiger partial charge on any atom is -0.469 e. The standard InChI is InChI=1S/C9H18N2O3/c1-6(5-7(12)14-4)11-9(2,3)8(10)13/h6,11H,5H2,1-4H3,(H2,10,13). The number of methoxy groups -OCH3 is 1. The third-order valence-corrected chi connectivity index (χ3v) is 1.92. The molecule has 0 fully saturated rings. The summed E-state index contributed by atoms with van der Waals surface area (Å²) in [7, 11) is 1.33. The molecule has 0 aliphatic rings. The molecule has 0 radical (unpaired) electrons. The van der Waals surface area contributed by atoms with Gasteiger partial charge in [-0.25, -0.2) is 0 Å². The predicted molar refractivity (Wildman–Crippen MR) is 52.5 cm³/mol. The van der Waals surface area contributed by atoms with Gasteiger partial charge in [0.2, 0.25) is 5.91 Å². The van der Waals surface area contributed by atoms with Gasteiger partial charge >= 0.3 is 5.97 Å². The third kappa shape index (κ3) is 4.23. The molecule has 0 saturated carbocycles. The summed E-state index contributed by atoms with van der Waals surface area (Å²) < 4.78 is 4.50. The Balaban J connectivity index is 4.12. The second-order valence-corrected chi connectivity index (χ2v) is 3.81. The highest BCUT2D eigenvalue weighted by Gasteiger charge is 2.26. The Morgan fingerprint density at radius 1 is 1.50 bits per heavy atom. The summed E-state index contributed by atoms with van der Waals surface area (Å²) in [6, 6.07) is -0.148. The van der Waals surface area contributed by atoms with Crippen molar-refractivity contribution in [1.29, 1.82) is 0 Å². The minimum atomic E-state index is -0.812. The highest BCUT2D eigenvalue weighted by molar-refractivity contribution is 5.83. The van der Waals surface area contributed by atoms with Gasteiger partial charge in [0.05, 0.1) is 19.1 Å². The van der Waals surface area contributed by atoms with Gasteiger partial charge in [0.1, 0.15) is 0 Å². The van der Waals surface area contributed by atoms with Crippen LogP contribution in [0.15, 0.2) is 0 Å². The van der Waals surface area contributed by atoms with E-state index in [1.54, 1.807) is 20.8 Å². The molecule has 14 heavy (non-hydrogen) atoms. The summed E-state index contributed by atoms with van der Waals surface area (Å²) in [5, 5.41) is 2.95. The normalized spacial score (nSPS) is 13.4. The molecule has 0 aromatic carbocycles. The molecular weight excluding hydrogens is 184 g/mol. The molecule has 0 aromatic heterocycles. The minimum absolute atomic E-state index is 0.148. The van der Waals surface area contributed by atoms with E-state index in [2.05, 4.69) is 10.1 Å². The first-order valence-electron chi connectivity index (χ1n) is 4.44. The van der Waals surface area contributed by atoms with E-state index in [1.165, 1.54) is 7.11 Å². The molecule has 0 spiro atoms. The predicted octanol–water partition coefficient (Wildman–Crippen LogP) is -0.208. The van der Waals surface area contributed by atoms with Gasteiger partial charge in [0.15, 0.2) is 0 Å². The zero-order valence-electron chi connectivity index (χ0n) is 9.09. The van der Waals surface area contributed by atoms with Crippen LogP contribution in [0, 0.1) is 0 Å². The van der Waals surface area contributed by atoms with Crippen LogP contribution in [0.1, 0.15) is 27.2 Å². The smallest absolute Gasteiger partial charge is 0.307 e. The quantitative estimate of drug-likeness (QED) is 0.604. The van der Waals surface area contributed by atoms with Crippen LogP contribution in [0.3, 0.4) is 0 Å². The molecule has 3 N–H and O–H groups in total. The largest absolute Gasteiger partial charge is 0.469 e. The van der Waals surface area contributed by atoms with Gasteiger partial charge in [-0.2, -0.15) is 0 Å². The van der Waals surface area contributed by atoms with Crippen molar-refractivity contribution in [3.05, 3.63) is 0 Å². The summed E-state index contributed by atoms with van der Waals surface area (Å²) in [5.41, 5.74) is 4.35. The van der Waals surface area contributed by atoms with Crippen LogP contribution in [0.25, 0.3) is 0 Å². The van der Waals surface area contributed by atoms with E-state index < -0.39 is 11.4 Å². The Morgan fingerprint density at radius 3 is 2.36 bits per heavy atom. The lowest BCUT2D eigenvalue weighted by molar-refractivity contribution is -0.141. The van der Waals surface area contributed by atoms with Crippen LogP contribution >= 0.6 is 0 Å². The highest BCUT2D eigenvalue weighted by atomic mass is 16.5. The molecule has 0 saturated heterocycles. The van der Waals surface area contributed by atoms with Gasteiger partial charge in [-0.05, 0) is 20.8 Å². The van der Waals surface area contributed by atoms with Crippen molar-refractivity contribution in [1.82, 2.24) is 5.32 Å². The lowest BCUT2D eigenvalue weighted by atomic mass is 10.0. The molecule has 0 bridgehead atoms. The van der Waals surface area contributed by atoms with Gasteiger partial charge < -0.3 is 15.8 Å². The van der Waals surface area contributed by atoms with Crippen LogP contribution in [0.2, 0.25) is 0 Å². The lowest BCUT2D eigenvalue weighted by Crippen LogP contribution is -2.54. The van der Waals surface area contributed by atoms with Gasteiger partial charge in [-0.15, -0.1) is 0 Å². The summed E-state index contributed by atoms with van der Waals surface area (Å²) >= 11 is 0. The Labute approximate surface area is 84.0 Å². The van der Waals surface area contributed by atoms with Gasteiger partial charge in [-0.3, -0.25) is 9.59 Å². The molecule has 0 rings (SSSR count). The molecule has 82 valence electrons. The zero-order chi connectivity index (χ0) is 11.4. The first kappa shape index (κ1) is 12.9. The first-order chi connectivity index (χ1) is 6.29. The molecule has 1 unspecified atom stereocenters. The monoisotopic (exact) mass is 202 g/mol. The number of amides is 1. The van der Waals surface area contributed by atoms with Crippen LogP contribution in [-0.2, 0) is 14.3 Å². The summed E-state index contributed by atoms with van der Waals surface area (Å²) in [4.78, 5) is 21.9. The fraction of sp³-hybridized carbons (Fsp3) is 0.778. The summed E-state index contributed by atoms with van der Waals surface area (Å²) in [6.07, 6.45) is 0.215. The topological polar surface area (TPSA) is 81.4 Å². The van der Waals surface area contributed by atoms with E-state index in [0.717, 1.165) is 0 Å². The summed E-state index contributed by atoms with van der Waals surface area (Å²) in [6.45, 7) is 5.13. The number of rotatable bonds is 5. The number of primary amides is 1. The number of hydrogen-bond acceptors (Lipinski definition) is 4. The molecular formula is C9H18N2O3. The van der Waals surface area contributed by atoms with E-state index in [4.69, 9.17) is 5.73 Å². The van der Waals surface area contributed by atoms with Crippen molar-refractivity contribution in [3.8, 4) is 0 Å². The Morgan fingerprint density at radius 2 is 2.00 bits per heavy atom. The number of nitrogens with one attached hydrogen (secondary N) is 1. The lowest BCUT2D eigenvalue weighted by Gasteiger charge is -2.26. The van der Waals surface area contributed by atoms with Crippen LogP contribution in [0.5, 0.6) is 0 Å². The maximum atomic E-state index is 11.0. The molecule has 0 aromatic rings. The maximum absolute atomic E-state index is 11.0. The average Bonchev–Trinajstić information content (AvgIpc) is 2.02. The molecule has 0 aliphatic heterocycles. The fourth-order valence-electron chi connectivity index (χ4n) is 1.07. The molecule has 5 heteroatoms. The molecule has 0 heterocycles. The first-order valence-corrected chi connectivity index (χ1v) is 4.44. The number of ether oxygens (including phenoxy) is 1. The number of nitrogens with two attached hydrogens (primary N) is 1.